The molecule has 1 saturated carbocycles. The van der Waals surface area contributed by atoms with Gasteiger partial charge in [0.1, 0.15) is 0 Å². The van der Waals surface area contributed by atoms with E-state index in [1.807, 2.05) is 41.3 Å². The lowest BCUT2D eigenvalue weighted by Gasteiger charge is -2.29. The van der Waals surface area contributed by atoms with Crippen LogP contribution in [0.3, 0.4) is 0 Å². The van der Waals surface area contributed by atoms with Crippen LogP contribution in [0.1, 0.15) is 43.2 Å². The summed E-state index contributed by atoms with van der Waals surface area (Å²) in [5.41, 5.74) is 4.05. The fraction of sp³-hybridized carbons (Fsp3) is 0.391. The zero-order valence-corrected chi connectivity index (χ0v) is 16.1. The monoisotopic (exact) mass is 377 g/mol. The van der Waals surface area contributed by atoms with E-state index in [0.29, 0.717) is 6.54 Å². The first-order valence-electron chi connectivity index (χ1n) is 10.2. The van der Waals surface area contributed by atoms with Gasteiger partial charge in [-0.1, -0.05) is 43.5 Å². The van der Waals surface area contributed by atoms with E-state index in [-0.39, 0.29) is 17.9 Å². The highest BCUT2D eigenvalue weighted by molar-refractivity contribution is 5.93. The molecule has 1 aliphatic carbocycles. The van der Waals surface area contributed by atoms with Crippen LogP contribution in [0.5, 0.6) is 0 Å². The first-order chi connectivity index (χ1) is 13.7. The maximum atomic E-state index is 12.6. The molecule has 5 nitrogen and oxygen atoms in total. The molecule has 0 atom stereocenters. The molecule has 5 heteroatoms. The Hall–Kier alpha value is -2.82. The number of rotatable bonds is 3. The predicted molar refractivity (Wildman–Crippen MR) is 111 cm³/mol. The van der Waals surface area contributed by atoms with E-state index in [1.54, 1.807) is 0 Å². The summed E-state index contributed by atoms with van der Waals surface area (Å²) < 4.78 is 0. The van der Waals surface area contributed by atoms with Gasteiger partial charge in [0.25, 0.3) is 0 Å². The minimum Gasteiger partial charge on any atom is -0.326 e. The van der Waals surface area contributed by atoms with Crippen molar-refractivity contribution in [1.82, 2.24) is 4.90 Å². The van der Waals surface area contributed by atoms with Gasteiger partial charge >= 0.3 is 6.03 Å². The molecule has 146 valence electrons. The first-order valence-corrected chi connectivity index (χ1v) is 10.2. The van der Waals surface area contributed by atoms with E-state index in [4.69, 9.17) is 0 Å². The van der Waals surface area contributed by atoms with E-state index in [9.17, 15) is 9.59 Å². The minimum absolute atomic E-state index is 0.0894. The van der Waals surface area contributed by atoms with E-state index >= 15 is 0 Å². The molecule has 3 amide bonds. The summed E-state index contributed by atoms with van der Waals surface area (Å²) in [6, 6.07) is 15.6. The van der Waals surface area contributed by atoms with Gasteiger partial charge in [0.05, 0.1) is 0 Å². The number of amides is 3. The zero-order chi connectivity index (χ0) is 19.3. The van der Waals surface area contributed by atoms with E-state index < -0.39 is 0 Å². The number of hydrogen-bond acceptors (Lipinski definition) is 2. The second-order valence-corrected chi connectivity index (χ2v) is 7.77. The van der Waals surface area contributed by atoms with Crippen LogP contribution in [0.2, 0.25) is 0 Å². The lowest BCUT2D eigenvalue weighted by atomic mass is 9.88. The summed E-state index contributed by atoms with van der Waals surface area (Å²) in [4.78, 5) is 26.8. The maximum Gasteiger partial charge on any atom is 0.322 e. The van der Waals surface area contributed by atoms with Crippen LogP contribution in [-0.2, 0) is 17.8 Å². The number of benzene rings is 2. The maximum absolute atomic E-state index is 12.6. The average Bonchev–Trinajstić information content (AvgIpc) is 2.75. The van der Waals surface area contributed by atoms with Crippen LogP contribution in [0.4, 0.5) is 16.2 Å². The van der Waals surface area contributed by atoms with Crippen molar-refractivity contribution in [2.75, 3.05) is 17.2 Å². The molecule has 2 aromatic carbocycles. The standard InChI is InChI=1S/C23H27N3O2/c27-22(18-7-2-1-3-8-18)24-20-10-12-21(13-11-20)25-23(28)26-15-14-17-6-4-5-9-19(17)16-26/h4-6,9-13,18H,1-3,7-8,14-16H2,(H,24,27)(H,25,28). The highest BCUT2D eigenvalue weighted by Crippen LogP contribution is 2.25. The zero-order valence-electron chi connectivity index (χ0n) is 16.1. The molecule has 0 bridgehead atoms. The summed E-state index contributed by atoms with van der Waals surface area (Å²) in [5, 5.41) is 5.97. The SMILES string of the molecule is O=C(Nc1ccc(NC(=O)N2CCc3ccccc3C2)cc1)C1CCCCC1. The van der Waals surface area contributed by atoms with Crippen molar-refractivity contribution < 1.29 is 9.59 Å². The smallest absolute Gasteiger partial charge is 0.322 e. The lowest BCUT2D eigenvalue weighted by molar-refractivity contribution is -0.120. The fourth-order valence-electron chi connectivity index (χ4n) is 4.12. The van der Waals surface area contributed by atoms with E-state index in [0.717, 1.165) is 50.0 Å². The summed E-state index contributed by atoms with van der Waals surface area (Å²) in [7, 11) is 0. The topological polar surface area (TPSA) is 61.4 Å². The van der Waals surface area contributed by atoms with Gasteiger partial charge in [0.2, 0.25) is 5.91 Å². The minimum atomic E-state index is -0.0894. The molecule has 1 fully saturated rings. The quantitative estimate of drug-likeness (QED) is 0.807. The van der Waals surface area contributed by atoms with Gasteiger partial charge in [0.15, 0.2) is 0 Å². The van der Waals surface area contributed by atoms with Crippen LogP contribution < -0.4 is 10.6 Å². The summed E-state index contributed by atoms with van der Waals surface area (Å²) in [6.45, 7) is 1.36. The number of fused-ring (bicyclic) bond motifs is 1. The van der Waals surface area contributed by atoms with Crippen LogP contribution in [0.15, 0.2) is 48.5 Å². The molecule has 0 radical (unpaired) electrons. The Labute approximate surface area is 166 Å². The number of nitrogens with zero attached hydrogens (tertiary/aromatic N) is 1. The van der Waals surface area contributed by atoms with Crippen molar-refractivity contribution in [3.05, 3.63) is 59.7 Å². The van der Waals surface area contributed by atoms with Crippen molar-refractivity contribution in [2.24, 2.45) is 5.92 Å². The highest BCUT2D eigenvalue weighted by Gasteiger charge is 2.22. The Morgan fingerprint density at radius 1 is 0.821 bits per heavy atom. The molecule has 0 saturated heterocycles. The summed E-state index contributed by atoms with van der Waals surface area (Å²) in [5.74, 6) is 0.249. The molecule has 2 N–H and O–H groups in total. The Bertz CT molecular complexity index is 841. The van der Waals surface area contributed by atoms with Crippen molar-refractivity contribution in [3.63, 3.8) is 0 Å². The van der Waals surface area contributed by atoms with Crippen LogP contribution in [0.25, 0.3) is 0 Å². The van der Waals surface area contributed by atoms with Crippen molar-refractivity contribution in [3.8, 4) is 0 Å². The average molecular weight is 377 g/mol. The molecule has 0 unspecified atom stereocenters. The van der Waals surface area contributed by atoms with Crippen molar-refractivity contribution >= 4 is 23.3 Å². The molecule has 0 aromatic heterocycles. The van der Waals surface area contributed by atoms with Gasteiger partial charge in [-0.05, 0) is 54.7 Å². The van der Waals surface area contributed by atoms with Crippen LogP contribution in [-0.4, -0.2) is 23.4 Å². The summed E-state index contributed by atoms with van der Waals surface area (Å²) in [6.07, 6.45) is 6.38. The Balaban J connectivity index is 1.32. The normalized spacial score (nSPS) is 16.9. The number of carbonyl (C=O) groups is 2. The predicted octanol–water partition coefficient (Wildman–Crippen LogP) is 4.80. The lowest BCUT2D eigenvalue weighted by Crippen LogP contribution is -2.38. The van der Waals surface area contributed by atoms with Gasteiger partial charge in [-0.15, -0.1) is 0 Å². The molecular weight excluding hydrogens is 350 g/mol. The molecule has 0 spiro atoms. The number of anilines is 2. The number of hydrogen-bond donors (Lipinski definition) is 2. The largest absolute Gasteiger partial charge is 0.326 e. The third-order valence-corrected chi connectivity index (χ3v) is 5.80. The van der Waals surface area contributed by atoms with Gasteiger partial charge in [-0.25, -0.2) is 4.79 Å². The highest BCUT2D eigenvalue weighted by atomic mass is 16.2. The molecular formula is C23H27N3O2. The summed E-state index contributed by atoms with van der Waals surface area (Å²) >= 11 is 0. The van der Waals surface area contributed by atoms with Crippen molar-refractivity contribution in [1.29, 1.82) is 0 Å². The molecule has 1 aliphatic heterocycles. The van der Waals surface area contributed by atoms with Crippen LogP contribution in [0, 0.1) is 5.92 Å². The molecule has 2 aliphatic rings. The Kier molecular flexibility index (Phi) is 5.60. The molecule has 4 rings (SSSR count). The molecule has 2 aromatic rings. The second-order valence-electron chi connectivity index (χ2n) is 7.77. The first kappa shape index (κ1) is 18.5. The van der Waals surface area contributed by atoms with Crippen LogP contribution >= 0.6 is 0 Å². The van der Waals surface area contributed by atoms with E-state index in [1.165, 1.54) is 17.5 Å². The third-order valence-electron chi connectivity index (χ3n) is 5.80. The second kappa shape index (κ2) is 8.46. The van der Waals surface area contributed by atoms with Crippen molar-refractivity contribution in [2.45, 2.75) is 45.1 Å². The third kappa shape index (κ3) is 4.35. The number of nitrogens with one attached hydrogen (secondary N) is 2. The van der Waals surface area contributed by atoms with E-state index in [2.05, 4.69) is 22.8 Å². The van der Waals surface area contributed by atoms with Gasteiger partial charge in [0, 0.05) is 30.4 Å². The molecule has 28 heavy (non-hydrogen) atoms. The Morgan fingerprint density at radius 3 is 2.18 bits per heavy atom. The van der Waals surface area contributed by atoms with Gasteiger partial charge < -0.3 is 15.5 Å². The van der Waals surface area contributed by atoms with Gasteiger partial charge in [-0.2, -0.15) is 0 Å². The number of carbonyl (C=O) groups excluding carboxylic acids is 2. The van der Waals surface area contributed by atoms with Gasteiger partial charge in [-0.3, -0.25) is 4.79 Å². The number of urea groups is 1. The molecule has 1 heterocycles. The Morgan fingerprint density at radius 2 is 1.46 bits per heavy atom. The fourth-order valence-corrected chi connectivity index (χ4v) is 4.12.